The third kappa shape index (κ3) is 5.02. The third-order valence-electron chi connectivity index (χ3n) is 5.25. The Morgan fingerprint density at radius 3 is 2.74 bits per heavy atom. The zero-order valence-electron chi connectivity index (χ0n) is 17.9. The van der Waals surface area contributed by atoms with Gasteiger partial charge in [-0.05, 0) is 37.1 Å². The molecular formula is C23H26FN5O2. The Labute approximate surface area is 180 Å². The van der Waals surface area contributed by atoms with E-state index in [-0.39, 0.29) is 41.7 Å². The summed E-state index contributed by atoms with van der Waals surface area (Å²) in [5, 5.41) is 0. The molecule has 0 aliphatic carbocycles. The molecule has 0 fully saturated rings. The number of hydrogen-bond acceptors (Lipinski definition) is 6. The van der Waals surface area contributed by atoms with Crippen LogP contribution in [-0.2, 0) is 16.8 Å². The first-order valence-corrected chi connectivity index (χ1v) is 10.2. The summed E-state index contributed by atoms with van der Waals surface area (Å²) in [5.74, 6) is -0.959. The number of ketones is 1. The number of benzene rings is 1. The Morgan fingerprint density at radius 2 is 2.10 bits per heavy atom. The fourth-order valence-electron chi connectivity index (χ4n) is 3.37. The van der Waals surface area contributed by atoms with E-state index >= 15 is 0 Å². The number of carbonyl (C=O) groups excluding carboxylic acids is 2. The molecule has 0 bridgehead atoms. The molecule has 1 unspecified atom stereocenters. The molecule has 1 atom stereocenters. The molecule has 31 heavy (non-hydrogen) atoms. The second-order valence-electron chi connectivity index (χ2n) is 7.81. The summed E-state index contributed by atoms with van der Waals surface area (Å²) < 4.78 is 14.6. The van der Waals surface area contributed by atoms with Crippen LogP contribution in [0, 0.1) is 5.82 Å². The molecule has 0 spiro atoms. The van der Waals surface area contributed by atoms with Crippen LogP contribution in [0.4, 0.5) is 4.39 Å². The minimum atomic E-state index is -1.14. The first-order valence-electron chi connectivity index (χ1n) is 10.2. The Hall–Kier alpha value is -3.42. The van der Waals surface area contributed by atoms with Gasteiger partial charge in [0, 0.05) is 19.0 Å². The fourth-order valence-corrected chi connectivity index (χ4v) is 3.37. The first-order chi connectivity index (χ1) is 14.7. The van der Waals surface area contributed by atoms with Crippen molar-refractivity contribution in [3.05, 3.63) is 65.0 Å². The molecule has 1 aromatic heterocycles. The van der Waals surface area contributed by atoms with Crippen molar-refractivity contribution in [3.8, 4) is 0 Å². The van der Waals surface area contributed by atoms with E-state index in [1.54, 1.807) is 25.3 Å². The molecule has 1 amide bonds. The number of amides is 1. The maximum atomic E-state index is 14.6. The van der Waals surface area contributed by atoms with E-state index in [0.29, 0.717) is 11.3 Å². The molecule has 2 N–H and O–H groups in total. The van der Waals surface area contributed by atoms with Crippen molar-refractivity contribution < 1.29 is 14.0 Å². The van der Waals surface area contributed by atoms with Gasteiger partial charge in [-0.2, -0.15) is 0 Å². The Morgan fingerprint density at radius 1 is 1.32 bits per heavy atom. The lowest BCUT2D eigenvalue weighted by atomic mass is 9.85. The second kappa shape index (κ2) is 9.16. The number of carbonyl (C=O) groups is 2. The van der Waals surface area contributed by atoms with E-state index in [2.05, 4.69) is 21.9 Å². The minimum absolute atomic E-state index is 0.0169. The predicted molar refractivity (Wildman–Crippen MR) is 117 cm³/mol. The molecule has 1 aliphatic rings. The van der Waals surface area contributed by atoms with Crippen LogP contribution >= 0.6 is 0 Å². The number of hydrogen-bond donors (Lipinski definition) is 1. The average Bonchev–Trinajstić information content (AvgIpc) is 2.74. The van der Waals surface area contributed by atoms with Crippen molar-refractivity contribution in [2.75, 3.05) is 7.05 Å². The van der Waals surface area contributed by atoms with Gasteiger partial charge in [-0.15, -0.1) is 0 Å². The summed E-state index contributed by atoms with van der Waals surface area (Å²) in [6.07, 6.45) is 8.88. The van der Waals surface area contributed by atoms with Gasteiger partial charge >= 0.3 is 0 Å². The SMILES string of the molecule is CCC/C=C/c1cnc(C(=O)Cc2ccc(F)c(C3(C)CC(=O)N(C)C(N)=N3)c2)cn1. The third-order valence-corrected chi connectivity index (χ3v) is 5.25. The number of aliphatic imine (C=N–C) groups is 1. The molecule has 2 aromatic rings. The molecule has 0 radical (unpaired) electrons. The van der Waals surface area contributed by atoms with Crippen LogP contribution in [-0.4, -0.2) is 39.6 Å². The van der Waals surface area contributed by atoms with Crippen molar-refractivity contribution >= 4 is 23.7 Å². The summed E-state index contributed by atoms with van der Waals surface area (Å²) in [4.78, 5) is 38.9. The van der Waals surface area contributed by atoms with Crippen LogP contribution in [0.15, 0.2) is 41.7 Å². The number of nitrogens with zero attached hydrogens (tertiary/aromatic N) is 4. The highest BCUT2D eigenvalue weighted by atomic mass is 19.1. The van der Waals surface area contributed by atoms with Gasteiger partial charge in [0.1, 0.15) is 11.5 Å². The lowest BCUT2D eigenvalue weighted by Crippen LogP contribution is -2.47. The number of Topliss-reactive ketones (excluding diaryl/α,β-unsaturated/α-hetero) is 1. The largest absolute Gasteiger partial charge is 0.369 e. The van der Waals surface area contributed by atoms with Gasteiger partial charge in [-0.3, -0.25) is 19.5 Å². The molecule has 2 heterocycles. The van der Waals surface area contributed by atoms with Crippen LogP contribution in [0.1, 0.15) is 60.4 Å². The maximum absolute atomic E-state index is 14.6. The second-order valence-corrected chi connectivity index (χ2v) is 7.81. The van der Waals surface area contributed by atoms with E-state index in [9.17, 15) is 14.0 Å². The minimum Gasteiger partial charge on any atom is -0.369 e. The van der Waals surface area contributed by atoms with Gasteiger partial charge < -0.3 is 5.73 Å². The lowest BCUT2D eigenvalue weighted by Gasteiger charge is -2.34. The Kier molecular flexibility index (Phi) is 6.58. The van der Waals surface area contributed by atoms with Crippen molar-refractivity contribution in [3.63, 3.8) is 0 Å². The molecule has 1 aliphatic heterocycles. The number of allylic oxidation sites excluding steroid dienone is 1. The summed E-state index contributed by atoms with van der Waals surface area (Å²) >= 11 is 0. The Bertz CT molecular complexity index is 1050. The van der Waals surface area contributed by atoms with Gasteiger partial charge in [0.05, 0.1) is 30.0 Å². The number of guanidine groups is 1. The quantitative estimate of drug-likeness (QED) is 0.689. The van der Waals surface area contributed by atoms with Gasteiger partial charge in [0.15, 0.2) is 11.7 Å². The van der Waals surface area contributed by atoms with Gasteiger partial charge in [-0.25, -0.2) is 14.4 Å². The molecule has 0 saturated heterocycles. The number of aromatic nitrogens is 2. The number of unbranched alkanes of at least 4 members (excludes halogenated alkanes) is 1. The fraction of sp³-hybridized carbons (Fsp3) is 0.348. The Balaban J connectivity index is 1.81. The standard InChI is InChI=1S/C23H26FN5O2/c1-4-5-6-7-16-13-27-19(14-26-16)20(30)11-15-8-9-18(24)17(10-15)23(2)12-21(31)29(3)22(25)28-23/h6-10,13-14H,4-5,11-12H2,1-3H3,(H2,25,28)/b7-6+. The number of rotatable bonds is 7. The summed E-state index contributed by atoms with van der Waals surface area (Å²) in [7, 11) is 1.53. The predicted octanol–water partition coefficient (Wildman–Crippen LogP) is 3.25. The molecular weight excluding hydrogens is 397 g/mol. The van der Waals surface area contributed by atoms with Gasteiger partial charge in [0.2, 0.25) is 5.91 Å². The highest BCUT2D eigenvalue weighted by molar-refractivity contribution is 5.99. The van der Waals surface area contributed by atoms with E-state index in [0.717, 1.165) is 12.8 Å². The molecule has 0 saturated carbocycles. The van der Waals surface area contributed by atoms with Crippen LogP contribution < -0.4 is 5.73 Å². The smallest absolute Gasteiger partial charge is 0.231 e. The van der Waals surface area contributed by atoms with E-state index in [1.807, 2.05) is 12.2 Å². The highest BCUT2D eigenvalue weighted by Gasteiger charge is 2.38. The van der Waals surface area contributed by atoms with Crippen LogP contribution in [0.3, 0.4) is 0 Å². The van der Waals surface area contributed by atoms with Crippen LogP contribution in [0.25, 0.3) is 6.08 Å². The number of nitrogens with two attached hydrogens (primary N) is 1. The lowest BCUT2D eigenvalue weighted by molar-refractivity contribution is -0.128. The average molecular weight is 423 g/mol. The first kappa shape index (κ1) is 22.3. The van der Waals surface area contributed by atoms with Crippen molar-refractivity contribution in [1.82, 2.24) is 14.9 Å². The van der Waals surface area contributed by atoms with E-state index in [4.69, 9.17) is 5.73 Å². The van der Waals surface area contributed by atoms with Crippen molar-refractivity contribution in [1.29, 1.82) is 0 Å². The van der Waals surface area contributed by atoms with Gasteiger partial charge in [-0.1, -0.05) is 25.5 Å². The number of halogens is 1. The van der Waals surface area contributed by atoms with Crippen molar-refractivity contribution in [2.24, 2.45) is 10.7 Å². The zero-order valence-corrected chi connectivity index (χ0v) is 17.9. The highest BCUT2D eigenvalue weighted by Crippen LogP contribution is 2.35. The summed E-state index contributed by atoms with van der Waals surface area (Å²) in [6, 6.07) is 4.39. The van der Waals surface area contributed by atoms with Gasteiger partial charge in [0.25, 0.3) is 0 Å². The van der Waals surface area contributed by atoms with Crippen molar-refractivity contribution in [2.45, 2.75) is 45.1 Å². The molecule has 7 nitrogen and oxygen atoms in total. The molecule has 8 heteroatoms. The molecule has 3 rings (SSSR count). The molecule has 162 valence electrons. The topological polar surface area (TPSA) is 102 Å². The molecule has 1 aromatic carbocycles. The maximum Gasteiger partial charge on any atom is 0.231 e. The van der Waals surface area contributed by atoms with E-state index in [1.165, 1.54) is 24.2 Å². The van der Waals surface area contributed by atoms with E-state index < -0.39 is 11.4 Å². The summed E-state index contributed by atoms with van der Waals surface area (Å²) in [6.45, 7) is 3.75. The normalized spacial score (nSPS) is 19.0. The summed E-state index contributed by atoms with van der Waals surface area (Å²) in [5.41, 5.74) is 6.44. The van der Waals surface area contributed by atoms with Crippen LogP contribution in [0.5, 0.6) is 0 Å². The van der Waals surface area contributed by atoms with Crippen LogP contribution in [0.2, 0.25) is 0 Å². The monoisotopic (exact) mass is 423 g/mol. The zero-order chi connectivity index (χ0) is 22.6.